The van der Waals surface area contributed by atoms with Crippen LogP contribution in [-0.2, 0) is 16.8 Å². The Morgan fingerprint density at radius 1 is 1.05 bits per heavy atom. The van der Waals surface area contributed by atoms with E-state index in [2.05, 4.69) is 57.1 Å². The average molecular weight is 611 g/mol. The van der Waals surface area contributed by atoms with Crippen LogP contribution in [0, 0.1) is 11.3 Å². The molecule has 0 unspecified atom stereocenters. The number of rotatable bonds is 7. The monoisotopic (exact) mass is 610 g/mol. The lowest BCUT2D eigenvalue weighted by atomic mass is 9.98. The number of piperidine rings is 1. The first-order chi connectivity index (χ1) is 20.3. The minimum Gasteiger partial charge on any atom is -0.364 e. The van der Waals surface area contributed by atoms with Crippen LogP contribution in [0.4, 0.5) is 11.5 Å². The molecule has 4 aliphatic rings. The van der Waals surface area contributed by atoms with Crippen LogP contribution in [0.2, 0.25) is 5.02 Å². The summed E-state index contributed by atoms with van der Waals surface area (Å²) in [5, 5.41) is 15.6. The van der Waals surface area contributed by atoms with E-state index >= 15 is 0 Å². The molecule has 1 aliphatic carbocycles. The van der Waals surface area contributed by atoms with Crippen LogP contribution in [-0.4, -0.2) is 90.7 Å². The third-order valence-corrected chi connectivity index (χ3v) is 9.42. The molecule has 3 fully saturated rings. The van der Waals surface area contributed by atoms with Crippen molar-refractivity contribution in [3.8, 4) is 6.07 Å². The number of nitrogens with one attached hydrogen (secondary N) is 2. The van der Waals surface area contributed by atoms with Gasteiger partial charge in [0.05, 0.1) is 16.9 Å². The minimum absolute atomic E-state index is 0.159. The molecule has 0 spiro atoms. The van der Waals surface area contributed by atoms with Gasteiger partial charge in [-0.3, -0.25) is 9.80 Å². The maximum atomic E-state index is 12.0. The van der Waals surface area contributed by atoms with Crippen LogP contribution < -0.4 is 15.5 Å². The normalized spacial score (nSPS) is 23.3. The van der Waals surface area contributed by atoms with E-state index < -0.39 is 10.2 Å². The number of aromatic nitrogens is 2. The van der Waals surface area contributed by atoms with Crippen LogP contribution >= 0.6 is 11.6 Å². The fourth-order valence-electron chi connectivity index (χ4n) is 5.96. The Morgan fingerprint density at radius 3 is 2.50 bits per heavy atom. The van der Waals surface area contributed by atoms with Crippen molar-refractivity contribution in [1.82, 2.24) is 25.1 Å². The van der Waals surface area contributed by atoms with Gasteiger partial charge in [-0.1, -0.05) is 24.6 Å². The van der Waals surface area contributed by atoms with Crippen molar-refractivity contribution in [2.75, 3.05) is 42.9 Å². The zero-order valence-electron chi connectivity index (χ0n) is 23.6. The van der Waals surface area contributed by atoms with Crippen LogP contribution in [0.5, 0.6) is 0 Å². The van der Waals surface area contributed by atoms with Crippen molar-refractivity contribution < 1.29 is 8.42 Å². The molecule has 1 atom stereocenters. The van der Waals surface area contributed by atoms with Gasteiger partial charge in [0.1, 0.15) is 17.6 Å². The number of hydrogen-bond donors (Lipinski definition) is 2. The molecule has 3 aliphatic heterocycles. The lowest BCUT2D eigenvalue weighted by molar-refractivity contribution is 0.0610. The largest absolute Gasteiger partial charge is 0.367 e. The van der Waals surface area contributed by atoms with E-state index in [-0.39, 0.29) is 17.7 Å². The number of nitriles is 1. The molecule has 5 heterocycles. The number of piperazine rings is 1. The number of anilines is 2. The molecule has 0 amide bonds. The first kappa shape index (κ1) is 28.8. The number of likely N-dealkylation sites (tertiary alicyclic amines) is 1. The van der Waals surface area contributed by atoms with Crippen LogP contribution in [0.15, 0.2) is 39.4 Å². The second-order valence-electron chi connectivity index (χ2n) is 11.3. The van der Waals surface area contributed by atoms with Crippen molar-refractivity contribution in [3.05, 3.63) is 46.9 Å². The van der Waals surface area contributed by atoms with E-state index in [1.807, 2.05) is 12.3 Å². The molecule has 0 bridgehead atoms. The topological polar surface area (TPSA) is 142 Å². The molecule has 42 heavy (non-hydrogen) atoms. The molecule has 6 rings (SSSR count). The predicted molar refractivity (Wildman–Crippen MR) is 163 cm³/mol. The number of pyridine rings is 2. The van der Waals surface area contributed by atoms with Crippen molar-refractivity contribution in [1.29, 1.82) is 5.26 Å². The Labute approximate surface area is 251 Å². The quantitative estimate of drug-likeness (QED) is 0.480. The molecule has 12 nitrogen and oxygen atoms in total. The molecular weight excluding hydrogens is 576 g/mol. The lowest BCUT2D eigenvalue weighted by Crippen LogP contribution is -2.58. The Bertz CT molecular complexity index is 1510. The van der Waals surface area contributed by atoms with Gasteiger partial charge in [-0.2, -0.15) is 13.7 Å². The van der Waals surface area contributed by atoms with E-state index in [1.54, 1.807) is 18.3 Å². The fourth-order valence-corrected chi connectivity index (χ4v) is 7.02. The zero-order valence-corrected chi connectivity index (χ0v) is 25.1. The van der Waals surface area contributed by atoms with Crippen molar-refractivity contribution in [3.63, 3.8) is 0 Å². The molecule has 2 aromatic heterocycles. The summed E-state index contributed by atoms with van der Waals surface area (Å²) in [6, 6.07) is 8.80. The van der Waals surface area contributed by atoms with Gasteiger partial charge in [-0.15, -0.1) is 8.80 Å². The number of amidine groups is 2. The highest BCUT2D eigenvalue weighted by Crippen LogP contribution is 2.31. The summed E-state index contributed by atoms with van der Waals surface area (Å²) in [5.74, 6) is 1.13. The van der Waals surface area contributed by atoms with Crippen molar-refractivity contribution in [2.24, 2.45) is 8.80 Å². The van der Waals surface area contributed by atoms with E-state index in [1.165, 1.54) is 0 Å². The fraction of sp³-hybridized carbons (Fsp3) is 0.536. The average Bonchev–Trinajstić information content (AvgIpc) is 3.76. The minimum atomic E-state index is -3.89. The van der Waals surface area contributed by atoms with E-state index in [0.717, 1.165) is 82.8 Å². The van der Waals surface area contributed by atoms with Gasteiger partial charge in [0, 0.05) is 50.5 Å². The number of hydrogen-bond acceptors (Lipinski definition) is 10. The molecular formula is C28H35ClN10O2S. The van der Waals surface area contributed by atoms with Gasteiger partial charge in [0.2, 0.25) is 0 Å². The molecule has 2 aromatic rings. The van der Waals surface area contributed by atoms with Crippen molar-refractivity contribution >= 4 is 45.0 Å². The predicted octanol–water partition coefficient (Wildman–Crippen LogP) is 2.79. The van der Waals surface area contributed by atoms with E-state index in [0.29, 0.717) is 28.5 Å². The highest BCUT2D eigenvalue weighted by Gasteiger charge is 2.34. The SMILES string of the molecule is CC[C@H]1CN(c2ncc(NC3=NS(=O)(=O)N=C3NC3CC3)cc2Cl)CCN1C1CCN(Cc2ccc(C#N)nc2)CC1. The summed E-state index contributed by atoms with van der Waals surface area (Å²) < 4.78 is 31.4. The van der Waals surface area contributed by atoms with E-state index in [4.69, 9.17) is 16.9 Å². The zero-order chi connectivity index (χ0) is 29.3. The Morgan fingerprint density at radius 2 is 1.83 bits per heavy atom. The number of nitrogens with zero attached hydrogens (tertiary/aromatic N) is 8. The molecule has 0 aromatic carbocycles. The molecule has 0 radical (unpaired) electrons. The Balaban J connectivity index is 1.04. The summed E-state index contributed by atoms with van der Waals surface area (Å²) >= 11 is 6.72. The van der Waals surface area contributed by atoms with Gasteiger partial charge in [-0.25, -0.2) is 9.97 Å². The second-order valence-corrected chi connectivity index (χ2v) is 13.0. The second kappa shape index (κ2) is 12.1. The van der Waals surface area contributed by atoms with E-state index in [9.17, 15) is 8.42 Å². The summed E-state index contributed by atoms with van der Waals surface area (Å²) in [4.78, 5) is 16.3. The van der Waals surface area contributed by atoms with Gasteiger partial charge < -0.3 is 15.5 Å². The van der Waals surface area contributed by atoms with Crippen molar-refractivity contribution in [2.45, 2.75) is 63.7 Å². The summed E-state index contributed by atoms with van der Waals surface area (Å²) in [5.41, 5.74) is 2.15. The van der Waals surface area contributed by atoms with Crippen LogP contribution in [0.3, 0.4) is 0 Å². The highest BCUT2D eigenvalue weighted by molar-refractivity contribution is 7.89. The van der Waals surface area contributed by atoms with Gasteiger partial charge in [-0.05, 0) is 62.9 Å². The summed E-state index contributed by atoms with van der Waals surface area (Å²) in [7, 11) is -3.89. The molecule has 222 valence electrons. The summed E-state index contributed by atoms with van der Waals surface area (Å²) in [6.45, 7) is 7.81. The molecule has 14 heteroatoms. The Kier molecular flexibility index (Phi) is 8.31. The lowest BCUT2D eigenvalue weighted by Gasteiger charge is -2.47. The first-order valence-corrected chi connectivity index (χ1v) is 16.3. The standard InChI is InChI=1S/C28H35ClN10O2S/c1-2-23-18-38(11-12-39(23)24-7-9-37(10-8-24)17-19-3-4-21(14-30)31-15-19)28-25(29)13-22(16-32-28)34-27-26(33-20-5-6-20)35-42(40,41)36-27/h3-4,13,15-16,20,23-24H,2,5-12,17-18H2,1H3,(H,33,35)(H,34,36)/t23-/m0/s1. The van der Waals surface area contributed by atoms with Crippen LogP contribution in [0.1, 0.15) is 50.3 Å². The first-order valence-electron chi connectivity index (χ1n) is 14.5. The third-order valence-electron chi connectivity index (χ3n) is 8.31. The Hall–Kier alpha value is -3.31. The maximum Gasteiger partial charge on any atom is 0.367 e. The molecule has 2 N–H and O–H groups in total. The van der Waals surface area contributed by atoms with Gasteiger partial charge >= 0.3 is 10.2 Å². The van der Waals surface area contributed by atoms with Gasteiger partial charge in [0.25, 0.3) is 0 Å². The molecule has 1 saturated carbocycles. The smallest absolute Gasteiger partial charge is 0.364 e. The summed E-state index contributed by atoms with van der Waals surface area (Å²) in [6.07, 6.45) is 8.73. The van der Waals surface area contributed by atoms with Gasteiger partial charge in [0.15, 0.2) is 11.7 Å². The maximum absolute atomic E-state index is 12.0. The number of halogens is 1. The highest BCUT2D eigenvalue weighted by atomic mass is 35.5. The third kappa shape index (κ3) is 6.67. The molecule has 2 saturated heterocycles. The van der Waals surface area contributed by atoms with Crippen LogP contribution in [0.25, 0.3) is 0 Å².